The number of pyridine rings is 1. The van der Waals surface area contributed by atoms with E-state index in [4.69, 9.17) is 5.73 Å². The zero-order valence-corrected chi connectivity index (χ0v) is 8.47. The Morgan fingerprint density at radius 2 is 1.94 bits per heavy atom. The van der Waals surface area contributed by atoms with Gasteiger partial charge in [-0.2, -0.15) is 0 Å². The Balaban J connectivity index is 2.81. The maximum atomic E-state index is 13.1. The standard InChI is InChI=1S/C11H9F3N2/c1-5-2-6(12)3-8-10(5)7(15)4-9(16-8)11(13)14/h2-4,11H,1H3,(H2,15,16). The third-order valence-corrected chi connectivity index (χ3v) is 2.34. The van der Waals surface area contributed by atoms with Crippen molar-refractivity contribution in [2.24, 2.45) is 0 Å². The molecule has 0 saturated heterocycles. The largest absolute Gasteiger partial charge is 0.398 e. The molecule has 0 radical (unpaired) electrons. The van der Waals surface area contributed by atoms with Gasteiger partial charge in [-0.1, -0.05) is 0 Å². The van der Waals surface area contributed by atoms with E-state index < -0.39 is 17.9 Å². The number of fused-ring (bicyclic) bond motifs is 1. The highest BCUT2D eigenvalue weighted by atomic mass is 19.3. The molecule has 2 rings (SSSR count). The van der Waals surface area contributed by atoms with E-state index in [2.05, 4.69) is 4.98 Å². The number of benzene rings is 1. The van der Waals surface area contributed by atoms with Gasteiger partial charge in [0, 0.05) is 17.1 Å². The van der Waals surface area contributed by atoms with E-state index in [0.29, 0.717) is 10.9 Å². The summed E-state index contributed by atoms with van der Waals surface area (Å²) < 4.78 is 38.0. The molecule has 0 aliphatic heterocycles. The minimum Gasteiger partial charge on any atom is -0.398 e. The minimum absolute atomic E-state index is 0.160. The highest BCUT2D eigenvalue weighted by molar-refractivity contribution is 5.93. The highest BCUT2D eigenvalue weighted by Crippen LogP contribution is 2.28. The van der Waals surface area contributed by atoms with Crippen LogP contribution in [-0.2, 0) is 0 Å². The fourth-order valence-electron chi connectivity index (χ4n) is 1.70. The van der Waals surface area contributed by atoms with Crippen molar-refractivity contribution in [1.29, 1.82) is 0 Å². The van der Waals surface area contributed by atoms with E-state index >= 15 is 0 Å². The summed E-state index contributed by atoms with van der Waals surface area (Å²) in [7, 11) is 0. The fourth-order valence-corrected chi connectivity index (χ4v) is 1.70. The van der Waals surface area contributed by atoms with Crippen LogP contribution in [0.5, 0.6) is 0 Å². The van der Waals surface area contributed by atoms with Crippen LogP contribution < -0.4 is 5.73 Å². The molecule has 84 valence electrons. The van der Waals surface area contributed by atoms with Crippen molar-refractivity contribution in [3.05, 3.63) is 35.3 Å². The SMILES string of the molecule is Cc1cc(F)cc2nc(C(F)F)cc(N)c12. The van der Waals surface area contributed by atoms with Gasteiger partial charge in [0.15, 0.2) is 0 Å². The molecule has 2 aromatic rings. The number of halogens is 3. The molecule has 16 heavy (non-hydrogen) atoms. The molecule has 1 heterocycles. The first-order valence-electron chi connectivity index (χ1n) is 4.63. The Hall–Kier alpha value is -1.78. The lowest BCUT2D eigenvalue weighted by atomic mass is 10.1. The second kappa shape index (κ2) is 3.66. The summed E-state index contributed by atoms with van der Waals surface area (Å²) >= 11 is 0. The monoisotopic (exact) mass is 226 g/mol. The van der Waals surface area contributed by atoms with Crippen LogP contribution in [-0.4, -0.2) is 4.98 Å². The minimum atomic E-state index is -2.71. The Morgan fingerprint density at radius 1 is 1.25 bits per heavy atom. The number of alkyl halides is 2. The van der Waals surface area contributed by atoms with E-state index in [-0.39, 0.29) is 11.2 Å². The second-order valence-corrected chi connectivity index (χ2v) is 3.55. The predicted molar refractivity (Wildman–Crippen MR) is 55.8 cm³/mol. The molecule has 1 aromatic carbocycles. The number of nitrogens with zero attached hydrogens (tertiary/aromatic N) is 1. The van der Waals surface area contributed by atoms with Crippen molar-refractivity contribution in [2.75, 3.05) is 5.73 Å². The average Bonchev–Trinajstić information content (AvgIpc) is 2.15. The van der Waals surface area contributed by atoms with Crippen LogP contribution in [0.2, 0.25) is 0 Å². The molecule has 0 aliphatic rings. The lowest BCUT2D eigenvalue weighted by Crippen LogP contribution is -1.98. The first-order valence-corrected chi connectivity index (χ1v) is 4.63. The topological polar surface area (TPSA) is 38.9 Å². The van der Waals surface area contributed by atoms with Crippen LogP contribution in [0.15, 0.2) is 18.2 Å². The molecule has 1 aromatic heterocycles. The van der Waals surface area contributed by atoms with Gasteiger partial charge >= 0.3 is 0 Å². The predicted octanol–water partition coefficient (Wildman–Crippen LogP) is 3.20. The summed E-state index contributed by atoms with van der Waals surface area (Å²) in [5, 5.41) is 0.519. The van der Waals surface area contributed by atoms with E-state index in [9.17, 15) is 13.2 Å². The number of hydrogen-bond acceptors (Lipinski definition) is 2. The molecular formula is C11H9F3N2. The Morgan fingerprint density at radius 3 is 2.56 bits per heavy atom. The van der Waals surface area contributed by atoms with E-state index in [1.807, 2.05) is 0 Å². The molecule has 0 spiro atoms. The maximum absolute atomic E-state index is 13.1. The zero-order chi connectivity index (χ0) is 11.9. The molecule has 0 fully saturated rings. The molecule has 0 saturated carbocycles. The summed E-state index contributed by atoms with van der Waals surface area (Å²) in [5.41, 5.74) is 6.15. The zero-order valence-electron chi connectivity index (χ0n) is 8.47. The molecule has 0 aliphatic carbocycles. The third kappa shape index (κ3) is 1.68. The maximum Gasteiger partial charge on any atom is 0.280 e. The fraction of sp³-hybridized carbons (Fsp3) is 0.182. The van der Waals surface area contributed by atoms with Crippen LogP contribution in [0.3, 0.4) is 0 Å². The van der Waals surface area contributed by atoms with Crippen LogP contribution in [0.4, 0.5) is 18.9 Å². The lowest BCUT2D eigenvalue weighted by molar-refractivity contribution is 0.146. The highest BCUT2D eigenvalue weighted by Gasteiger charge is 2.13. The molecule has 5 heteroatoms. The average molecular weight is 226 g/mol. The molecule has 0 amide bonds. The number of anilines is 1. The number of hydrogen-bond donors (Lipinski definition) is 1. The molecule has 0 atom stereocenters. The lowest BCUT2D eigenvalue weighted by Gasteiger charge is -2.08. The first-order chi connectivity index (χ1) is 7.49. The second-order valence-electron chi connectivity index (χ2n) is 3.55. The Kier molecular flexibility index (Phi) is 2.46. The van der Waals surface area contributed by atoms with Gasteiger partial charge in [0.05, 0.1) is 5.52 Å². The summed E-state index contributed by atoms with van der Waals surface area (Å²) in [6.07, 6.45) is -2.71. The van der Waals surface area contributed by atoms with Crippen molar-refractivity contribution < 1.29 is 13.2 Å². The van der Waals surface area contributed by atoms with Gasteiger partial charge in [0.25, 0.3) is 6.43 Å². The number of aryl methyl sites for hydroxylation is 1. The summed E-state index contributed by atoms with van der Waals surface area (Å²) in [6, 6.07) is 3.52. The Labute approximate surface area is 89.9 Å². The van der Waals surface area contributed by atoms with Crippen molar-refractivity contribution in [2.45, 2.75) is 13.3 Å². The summed E-state index contributed by atoms with van der Waals surface area (Å²) in [6.45, 7) is 1.66. The molecule has 2 nitrogen and oxygen atoms in total. The van der Waals surface area contributed by atoms with Gasteiger partial charge in [-0.05, 0) is 24.6 Å². The third-order valence-electron chi connectivity index (χ3n) is 2.34. The Bertz CT molecular complexity index is 552. The van der Waals surface area contributed by atoms with Gasteiger partial charge in [-0.3, -0.25) is 0 Å². The van der Waals surface area contributed by atoms with Crippen molar-refractivity contribution in [1.82, 2.24) is 4.98 Å². The van der Waals surface area contributed by atoms with Crippen molar-refractivity contribution >= 4 is 16.6 Å². The van der Waals surface area contributed by atoms with Crippen LogP contribution in [0.1, 0.15) is 17.7 Å². The van der Waals surface area contributed by atoms with Gasteiger partial charge in [0.2, 0.25) is 0 Å². The number of nitrogen functional groups attached to an aromatic ring is 1. The molecule has 0 bridgehead atoms. The van der Waals surface area contributed by atoms with Crippen LogP contribution in [0, 0.1) is 12.7 Å². The number of nitrogens with two attached hydrogens (primary N) is 1. The van der Waals surface area contributed by atoms with Gasteiger partial charge in [0.1, 0.15) is 11.5 Å². The van der Waals surface area contributed by atoms with Crippen molar-refractivity contribution in [3.8, 4) is 0 Å². The van der Waals surface area contributed by atoms with Gasteiger partial charge < -0.3 is 5.73 Å². The quantitative estimate of drug-likeness (QED) is 0.810. The van der Waals surface area contributed by atoms with Crippen LogP contribution in [0.25, 0.3) is 10.9 Å². The van der Waals surface area contributed by atoms with Crippen molar-refractivity contribution in [3.63, 3.8) is 0 Å². The van der Waals surface area contributed by atoms with E-state index in [0.717, 1.165) is 12.1 Å². The molecule has 0 unspecified atom stereocenters. The van der Waals surface area contributed by atoms with E-state index in [1.54, 1.807) is 6.92 Å². The number of rotatable bonds is 1. The smallest absolute Gasteiger partial charge is 0.280 e. The normalized spacial score (nSPS) is 11.3. The number of aromatic nitrogens is 1. The van der Waals surface area contributed by atoms with Gasteiger partial charge in [-0.15, -0.1) is 0 Å². The molecular weight excluding hydrogens is 217 g/mol. The van der Waals surface area contributed by atoms with Crippen LogP contribution >= 0.6 is 0 Å². The summed E-state index contributed by atoms with van der Waals surface area (Å²) in [4.78, 5) is 3.69. The van der Waals surface area contributed by atoms with E-state index in [1.165, 1.54) is 6.07 Å². The first kappa shape index (κ1) is 10.7. The summed E-state index contributed by atoms with van der Waals surface area (Å²) in [5.74, 6) is -0.511. The van der Waals surface area contributed by atoms with Gasteiger partial charge in [-0.25, -0.2) is 18.2 Å². The molecule has 2 N–H and O–H groups in total.